The van der Waals surface area contributed by atoms with Gasteiger partial charge in [0.1, 0.15) is 32.7 Å². The molecule has 0 unspecified atom stereocenters. The summed E-state index contributed by atoms with van der Waals surface area (Å²) < 4.78 is 10.8. The van der Waals surface area contributed by atoms with Crippen LogP contribution in [0.5, 0.6) is 11.5 Å². The van der Waals surface area contributed by atoms with Crippen molar-refractivity contribution in [2.45, 2.75) is 6.54 Å². The molecule has 4 N–H and O–H groups in total. The number of benzene rings is 2. The molecule has 2 aromatic carbocycles. The van der Waals surface area contributed by atoms with Crippen LogP contribution in [0.3, 0.4) is 0 Å². The average molecular weight is 412 g/mol. The lowest BCUT2D eigenvalue weighted by atomic mass is 10.1. The second-order valence-electron chi connectivity index (χ2n) is 7.75. The van der Waals surface area contributed by atoms with E-state index in [4.69, 9.17) is 9.47 Å². The van der Waals surface area contributed by atoms with Crippen LogP contribution < -0.4 is 29.9 Å². The van der Waals surface area contributed by atoms with Gasteiger partial charge in [-0.05, 0) is 36.4 Å². The van der Waals surface area contributed by atoms with Gasteiger partial charge in [-0.15, -0.1) is 0 Å². The third-order valence-corrected chi connectivity index (χ3v) is 5.60. The summed E-state index contributed by atoms with van der Waals surface area (Å²) in [4.78, 5) is 27.0. The van der Waals surface area contributed by atoms with Gasteiger partial charge in [0.25, 0.3) is 11.8 Å². The van der Waals surface area contributed by atoms with E-state index in [1.165, 1.54) is 15.4 Å². The number of hydrogen-bond acceptors (Lipinski definition) is 4. The molecule has 0 atom stereocenters. The number of hydrogen-bond donors (Lipinski definition) is 4. The molecule has 0 aliphatic carbocycles. The maximum Gasteiger partial charge on any atom is 0.279 e. The van der Waals surface area contributed by atoms with Crippen molar-refractivity contribution >= 4 is 17.5 Å². The maximum atomic E-state index is 12.4. The molecule has 0 radical (unpaired) electrons. The summed E-state index contributed by atoms with van der Waals surface area (Å²) in [5, 5.41) is 5.50. The minimum atomic E-state index is -0.168. The molecule has 2 amide bonds. The van der Waals surface area contributed by atoms with E-state index in [0.717, 1.165) is 44.2 Å². The summed E-state index contributed by atoms with van der Waals surface area (Å²) in [5.41, 5.74) is 2.42. The molecule has 1 fully saturated rings. The van der Waals surface area contributed by atoms with E-state index in [0.29, 0.717) is 24.6 Å². The van der Waals surface area contributed by atoms with Crippen molar-refractivity contribution in [1.29, 1.82) is 0 Å². The Bertz CT molecular complexity index is 925. The van der Waals surface area contributed by atoms with Gasteiger partial charge in [-0.25, -0.2) is 0 Å². The topological polar surface area (TPSA) is 85.5 Å². The number of quaternary nitrogens is 2. The Morgan fingerprint density at radius 2 is 1.73 bits per heavy atom. The van der Waals surface area contributed by atoms with Crippen molar-refractivity contribution in [3.63, 3.8) is 0 Å². The first-order valence-electron chi connectivity index (χ1n) is 10.3. The molecule has 2 aliphatic heterocycles. The molecule has 2 heterocycles. The SMILES string of the molecule is CNC(=O)c1cccc(NC(=O)C[NH+]2CC[NH+](Cc3ccc4c(c3)OCO4)CC2)c1. The Kier molecular flexibility index (Phi) is 6.15. The zero-order chi connectivity index (χ0) is 20.9. The van der Waals surface area contributed by atoms with E-state index < -0.39 is 0 Å². The van der Waals surface area contributed by atoms with E-state index in [1.807, 2.05) is 6.07 Å². The minimum Gasteiger partial charge on any atom is -0.454 e. The Labute approximate surface area is 175 Å². The number of nitrogens with one attached hydrogen (secondary N) is 4. The molecule has 4 rings (SSSR count). The van der Waals surface area contributed by atoms with E-state index in [2.05, 4.69) is 22.8 Å². The quantitative estimate of drug-likeness (QED) is 0.475. The molecule has 0 bridgehead atoms. The minimum absolute atomic E-state index is 0.0294. The second kappa shape index (κ2) is 9.15. The van der Waals surface area contributed by atoms with E-state index >= 15 is 0 Å². The zero-order valence-electron chi connectivity index (χ0n) is 17.1. The molecular weight excluding hydrogens is 384 g/mol. The van der Waals surface area contributed by atoms with Crippen LogP contribution in [0.2, 0.25) is 0 Å². The van der Waals surface area contributed by atoms with Gasteiger partial charge in [-0.3, -0.25) is 9.59 Å². The lowest BCUT2D eigenvalue weighted by Gasteiger charge is -2.29. The Morgan fingerprint density at radius 1 is 0.967 bits per heavy atom. The van der Waals surface area contributed by atoms with Crippen LogP contribution in [0.4, 0.5) is 5.69 Å². The molecule has 0 spiro atoms. The summed E-state index contributed by atoms with van der Waals surface area (Å²) in [6, 6.07) is 13.1. The first kappa shape index (κ1) is 20.2. The number of carbonyl (C=O) groups excluding carboxylic acids is 2. The molecule has 1 saturated heterocycles. The maximum absolute atomic E-state index is 12.4. The van der Waals surface area contributed by atoms with Gasteiger partial charge >= 0.3 is 0 Å². The van der Waals surface area contributed by atoms with Crippen LogP contribution >= 0.6 is 0 Å². The highest BCUT2D eigenvalue weighted by Crippen LogP contribution is 2.32. The molecule has 8 heteroatoms. The fourth-order valence-electron chi connectivity index (χ4n) is 3.97. The van der Waals surface area contributed by atoms with Gasteiger partial charge in [-0.2, -0.15) is 0 Å². The number of anilines is 1. The van der Waals surface area contributed by atoms with Crippen LogP contribution in [-0.4, -0.2) is 58.4 Å². The highest BCUT2D eigenvalue weighted by Gasteiger charge is 2.25. The fourth-order valence-corrected chi connectivity index (χ4v) is 3.97. The lowest BCUT2D eigenvalue weighted by molar-refractivity contribution is -1.02. The van der Waals surface area contributed by atoms with Crippen molar-refractivity contribution in [1.82, 2.24) is 5.32 Å². The molecule has 2 aliphatic rings. The van der Waals surface area contributed by atoms with Crippen LogP contribution in [0.25, 0.3) is 0 Å². The van der Waals surface area contributed by atoms with Crippen molar-refractivity contribution in [2.24, 2.45) is 0 Å². The summed E-state index contributed by atoms with van der Waals surface area (Å²) in [6.45, 7) is 5.61. The monoisotopic (exact) mass is 412 g/mol. The van der Waals surface area contributed by atoms with Crippen molar-refractivity contribution in [2.75, 3.05) is 51.9 Å². The third-order valence-electron chi connectivity index (χ3n) is 5.60. The molecule has 158 valence electrons. The van der Waals surface area contributed by atoms with Crippen LogP contribution in [0, 0.1) is 0 Å². The normalized spacial score (nSPS) is 19.9. The highest BCUT2D eigenvalue weighted by molar-refractivity contribution is 5.97. The van der Waals surface area contributed by atoms with Gasteiger partial charge in [0.05, 0.1) is 0 Å². The predicted octanol–water partition coefficient (Wildman–Crippen LogP) is -1.30. The molecule has 2 aromatic rings. The summed E-state index contributed by atoms with van der Waals surface area (Å²) in [7, 11) is 1.59. The van der Waals surface area contributed by atoms with E-state index in [-0.39, 0.29) is 11.8 Å². The van der Waals surface area contributed by atoms with Gasteiger partial charge < -0.3 is 29.9 Å². The van der Waals surface area contributed by atoms with Crippen molar-refractivity contribution < 1.29 is 28.9 Å². The Balaban J connectivity index is 1.23. The second-order valence-corrected chi connectivity index (χ2v) is 7.75. The van der Waals surface area contributed by atoms with Gasteiger partial charge in [0.2, 0.25) is 6.79 Å². The Morgan fingerprint density at radius 3 is 2.53 bits per heavy atom. The fraction of sp³-hybridized carbons (Fsp3) is 0.364. The largest absolute Gasteiger partial charge is 0.454 e. The zero-order valence-corrected chi connectivity index (χ0v) is 17.1. The Hall–Kier alpha value is -3.10. The van der Waals surface area contributed by atoms with Crippen LogP contribution in [-0.2, 0) is 11.3 Å². The predicted molar refractivity (Wildman–Crippen MR) is 111 cm³/mol. The van der Waals surface area contributed by atoms with Gasteiger partial charge in [0, 0.05) is 23.9 Å². The lowest BCUT2D eigenvalue weighted by Crippen LogP contribution is -3.28. The molecular formula is C22H28N4O4+2. The number of fused-ring (bicyclic) bond motifs is 1. The van der Waals surface area contributed by atoms with Gasteiger partial charge in [0.15, 0.2) is 18.0 Å². The first-order valence-corrected chi connectivity index (χ1v) is 10.3. The number of amides is 2. The molecule has 30 heavy (non-hydrogen) atoms. The number of carbonyl (C=O) groups is 2. The van der Waals surface area contributed by atoms with Gasteiger partial charge in [-0.1, -0.05) is 6.07 Å². The van der Waals surface area contributed by atoms with E-state index in [1.54, 1.807) is 31.3 Å². The van der Waals surface area contributed by atoms with Crippen molar-refractivity contribution in [3.8, 4) is 11.5 Å². The third kappa shape index (κ3) is 4.90. The number of ether oxygens (including phenoxy) is 2. The van der Waals surface area contributed by atoms with E-state index in [9.17, 15) is 9.59 Å². The number of piperazine rings is 1. The summed E-state index contributed by atoms with van der Waals surface area (Å²) in [5.74, 6) is 1.44. The average Bonchev–Trinajstić information content (AvgIpc) is 3.22. The van der Waals surface area contributed by atoms with Crippen molar-refractivity contribution in [3.05, 3.63) is 53.6 Å². The highest BCUT2D eigenvalue weighted by atomic mass is 16.7. The van der Waals surface area contributed by atoms with Crippen LogP contribution in [0.15, 0.2) is 42.5 Å². The first-order chi connectivity index (χ1) is 14.6. The standard InChI is InChI=1S/C22H26N4O4/c1-23-22(28)17-3-2-4-18(12-17)24-21(27)14-26-9-7-25(8-10-26)13-16-5-6-19-20(11-16)30-15-29-19/h2-6,11-12H,7-10,13-15H2,1H3,(H,23,28)(H,24,27)/p+2. The number of rotatable bonds is 6. The van der Waals surface area contributed by atoms with Crippen LogP contribution in [0.1, 0.15) is 15.9 Å². The summed E-state index contributed by atoms with van der Waals surface area (Å²) >= 11 is 0. The molecule has 8 nitrogen and oxygen atoms in total. The molecule has 0 aromatic heterocycles. The summed E-state index contributed by atoms with van der Waals surface area (Å²) in [6.07, 6.45) is 0. The smallest absolute Gasteiger partial charge is 0.279 e. The molecule has 0 saturated carbocycles.